The zero-order valence-corrected chi connectivity index (χ0v) is 17.1. The lowest BCUT2D eigenvalue weighted by molar-refractivity contribution is -0.132. The van der Waals surface area contributed by atoms with Gasteiger partial charge >= 0.3 is 6.03 Å². The molecule has 9 nitrogen and oxygen atoms in total. The number of nitrogens with one attached hydrogen (secondary N) is 1. The zero-order valence-electron chi connectivity index (χ0n) is 17.1. The normalized spacial score (nSPS) is 20.5. The van der Waals surface area contributed by atoms with Gasteiger partial charge in [0, 0.05) is 5.56 Å². The largest absolute Gasteiger partial charge is 0.491 e. The van der Waals surface area contributed by atoms with Crippen molar-refractivity contribution in [2.24, 2.45) is 0 Å². The highest BCUT2D eigenvalue weighted by Crippen LogP contribution is 2.37. The van der Waals surface area contributed by atoms with Crippen LogP contribution in [0.15, 0.2) is 42.5 Å². The van der Waals surface area contributed by atoms with Gasteiger partial charge < -0.3 is 24.6 Å². The molecule has 3 amide bonds. The van der Waals surface area contributed by atoms with Crippen LogP contribution in [0.25, 0.3) is 0 Å². The van der Waals surface area contributed by atoms with Crippen molar-refractivity contribution in [2.75, 3.05) is 19.9 Å². The first-order valence-electron chi connectivity index (χ1n) is 9.74. The molecule has 2 atom stereocenters. The van der Waals surface area contributed by atoms with Crippen LogP contribution in [0.3, 0.4) is 0 Å². The first-order chi connectivity index (χ1) is 14.8. The van der Waals surface area contributed by atoms with Crippen molar-refractivity contribution >= 4 is 17.7 Å². The Hall–Kier alpha value is -3.59. The number of hydrogen-bond acceptors (Lipinski definition) is 7. The molecule has 0 saturated carbocycles. The summed E-state index contributed by atoms with van der Waals surface area (Å²) >= 11 is 0. The fourth-order valence-electron chi connectivity index (χ4n) is 3.51. The number of benzene rings is 2. The van der Waals surface area contributed by atoms with Gasteiger partial charge in [-0.15, -0.1) is 0 Å². The third-order valence-electron chi connectivity index (χ3n) is 5.32. The van der Waals surface area contributed by atoms with Crippen LogP contribution in [-0.4, -0.2) is 53.8 Å². The van der Waals surface area contributed by atoms with Crippen molar-refractivity contribution in [3.63, 3.8) is 0 Å². The van der Waals surface area contributed by atoms with E-state index in [1.54, 1.807) is 49.4 Å². The minimum atomic E-state index is -1.29. The summed E-state index contributed by atoms with van der Waals surface area (Å²) in [4.78, 5) is 37.8. The van der Waals surface area contributed by atoms with Crippen molar-refractivity contribution < 1.29 is 33.7 Å². The van der Waals surface area contributed by atoms with Gasteiger partial charge in [0.25, 0.3) is 5.91 Å². The maximum Gasteiger partial charge on any atom is 0.325 e. The molecule has 4 rings (SSSR count). The zero-order chi connectivity index (χ0) is 22.2. The first kappa shape index (κ1) is 20.7. The van der Waals surface area contributed by atoms with E-state index in [1.807, 2.05) is 0 Å². The summed E-state index contributed by atoms with van der Waals surface area (Å²) in [5, 5.41) is 13.0. The van der Waals surface area contributed by atoms with E-state index in [1.165, 1.54) is 6.92 Å². The third kappa shape index (κ3) is 3.91. The quantitative estimate of drug-likeness (QED) is 0.513. The summed E-state index contributed by atoms with van der Waals surface area (Å²) < 4.78 is 16.1. The number of ketones is 1. The maximum atomic E-state index is 13.0. The molecule has 31 heavy (non-hydrogen) atoms. The Bertz CT molecular complexity index is 1040. The molecule has 0 aromatic heterocycles. The molecular formula is C22H22N2O7. The number of imide groups is 1. The van der Waals surface area contributed by atoms with E-state index < -0.39 is 23.6 Å². The Morgan fingerprint density at radius 1 is 1.19 bits per heavy atom. The number of carbonyl (C=O) groups is 3. The second-order valence-corrected chi connectivity index (χ2v) is 7.58. The van der Waals surface area contributed by atoms with Gasteiger partial charge in [-0.05, 0) is 55.8 Å². The molecule has 162 valence electrons. The molecule has 0 bridgehead atoms. The van der Waals surface area contributed by atoms with Gasteiger partial charge in [0.05, 0.1) is 6.54 Å². The van der Waals surface area contributed by atoms with Crippen LogP contribution >= 0.6 is 0 Å². The molecule has 0 aliphatic carbocycles. The highest BCUT2D eigenvalue weighted by Gasteiger charge is 2.49. The fourth-order valence-corrected chi connectivity index (χ4v) is 3.51. The smallest absolute Gasteiger partial charge is 0.325 e. The summed E-state index contributed by atoms with van der Waals surface area (Å²) in [6.07, 6.45) is -1.10. The van der Waals surface area contributed by atoms with Gasteiger partial charge in [0.1, 0.15) is 24.0 Å². The maximum absolute atomic E-state index is 13.0. The highest BCUT2D eigenvalue weighted by molar-refractivity contribution is 6.07. The number of β-amino-alcohol motifs (C(OH)–C–C–N with tert-alkyl or cyclic N) is 1. The van der Waals surface area contributed by atoms with Crippen LogP contribution in [0, 0.1) is 0 Å². The number of aliphatic hydroxyl groups is 1. The minimum absolute atomic E-state index is 0.0596. The number of rotatable bonds is 7. The predicted octanol–water partition coefficient (Wildman–Crippen LogP) is 1.82. The standard InChI is InChI=1S/C22H22N2O7/c1-13(25)14-3-6-17(7-4-14)29-11-16(26)10-24-20(27)22(2,23-21(24)28)15-5-8-18-19(9-15)31-12-30-18/h3-9,16,26H,10-12H2,1-2H3,(H,23,28). The molecule has 1 saturated heterocycles. The molecule has 9 heteroatoms. The molecule has 2 aliphatic heterocycles. The SMILES string of the molecule is CC(=O)c1ccc(OCC(O)CN2C(=O)NC(C)(c3ccc4c(c3)OCO4)C2=O)cc1. The Balaban J connectivity index is 1.40. The molecule has 0 spiro atoms. The van der Waals surface area contributed by atoms with Gasteiger partial charge in [-0.1, -0.05) is 6.07 Å². The number of ether oxygens (including phenoxy) is 3. The second-order valence-electron chi connectivity index (χ2n) is 7.58. The Morgan fingerprint density at radius 3 is 2.61 bits per heavy atom. The van der Waals surface area contributed by atoms with Crippen molar-refractivity contribution in [2.45, 2.75) is 25.5 Å². The van der Waals surface area contributed by atoms with Crippen LogP contribution in [0.4, 0.5) is 4.79 Å². The summed E-state index contributed by atoms with van der Waals surface area (Å²) in [6.45, 7) is 2.82. The van der Waals surface area contributed by atoms with Gasteiger partial charge in [0.2, 0.25) is 6.79 Å². The monoisotopic (exact) mass is 426 g/mol. The summed E-state index contributed by atoms with van der Waals surface area (Å²) in [7, 11) is 0. The molecule has 1 fully saturated rings. The van der Waals surface area contributed by atoms with E-state index in [4.69, 9.17) is 14.2 Å². The summed E-state index contributed by atoms with van der Waals surface area (Å²) in [6, 6.07) is 10.9. The lowest BCUT2D eigenvalue weighted by atomic mass is 9.91. The number of Topliss-reactive ketones (excluding diaryl/α,β-unsaturated/α-hetero) is 1. The number of nitrogens with zero attached hydrogens (tertiary/aromatic N) is 1. The molecule has 2 heterocycles. The average Bonchev–Trinajstić information content (AvgIpc) is 3.31. The van der Waals surface area contributed by atoms with Gasteiger partial charge in [-0.2, -0.15) is 0 Å². The van der Waals surface area contributed by atoms with E-state index >= 15 is 0 Å². The highest BCUT2D eigenvalue weighted by atomic mass is 16.7. The van der Waals surface area contributed by atoms with E-state index in [-0.39, 0.29) is 25.7 Å². The van der Waals surface area contributed by atoms with Crippen molar-refractivity contribution in [3.8, 4) is 17.2 Å². The average molecular weight is 426 g/mol. The fraction of sp³-hybridized carbons (Fsp3) is 0.318. The Labute approximate surface area is 178 Å². The number of fused-ring (bicyclic) bond motifs is 1. The lowest BCUT2D eigenvalue weighted by Crippen LogP contribution is -2.42. The Morgan fingerprint density at radius 2 is 1.90 bits per heavy atom. The number of aliphatic hydroxyl groups excluding tert-OH is 1. The Kier molecular flexibility index (Phi) is 5.28. The van der Waals surface area contributed by atoms with Gasteiger partial charge in [0.15, 0.2) is 17.3 Å². The molecule has 2 aromatic carbocycles. The summed E-state index contributed by atoms with van der Waals surface area (Å²) in [5.74, 6) is 0.997. The van der Waals surface area contributed by atoms with Crippen LogP contribution < -0.4 is 19.5 Å². The van der Waals surface area contributed by atoms with Crippen LogP contribution in [0.2, 0.25) is 0 Å². The predicted molar refractivity (Wildman–Crippen MR) is 108 cm³/mol. The molecular weight excluding hydrogens is 404 g/mol. The van der Waals surface area contributed by atoms with Crippen molar-refractivity contribution in [3.05, 3.63) is 53.6 Å². The lowest BCUT2D eigenvalue weighted by Gasteiger charge is -2.23. The summed E-state index contributed by atoms with van der Waals surface area (Å²) in [5.41, 5.74) is -0.190. The first-order valence-corrected chi connectivity index (χ1v) is 9.74. The van der Waals surface area contributed by atoms with Crippen LogP contribution in [-0.2, 0) is 10.3 Å². The second kappa shape index (κ2) is 7.92. The molecule has 2 unspecified atom stereocenters. The molecule has 0 radical (unpaired) electrons. The van der Waals surface area contributed by atoms with E-state index in [0.717, 1.165) is 4.90 Å². The number of hydrogen-bond donors (Lipinski definition) is 2. The van der Waals surface area contributed by atoms with Crippen molar-refractivity contribution in [1.29, 1.82) is 0 Å². The van der Waals surface area contributed by atoms with E-state index in [9.17, 15) is 19.5 Å². The molecule has 2 N–H and O–H groups in total. The minimum Gasteiger partial charge on any atom is -0.491 e. The third-order valence-corrected chi connectivity index (χ3v) is 5.32. The van der Waals surface area contributed by atoms with Gasteiger partial charge in [-0.3, -0.25) is 14.5 Å². The topological polar surface area (TPSA) is 114 Å². The molecule has 2 aliphatic rings. The number of amides is 3. The van der Waals surface area contributed by atoms with Crippen molar-refractivity contribution in [1.82, 2.24) is 10.2 Å². The van der Waals surface area contributed by atoms with Gasteiger partial charge in [-0.25, -0.2) is 4.79 Å². The number of urea groups is 1. The van der Waals surface area contributed by atoms with Crippen LogP contribution in [0.1, 0.15) is 29.8 Å². The molecule has 2 aromatic rings. The van der Waals surface area contributed by atoms with Crippen LogP contribution in [0.5, 0.6) is 17.2 Å². The van der Waals surface area contributed by atoms with E-state index in [2.05, 4.69) is 5.32 Å². The number of carbonyl (C=O) groups excluding carboxylic acids is 3. The van der Waals surface area contributed by atoms with E-state index in [0.29, 0.717) is 28.4 Å².